The molecule has 2 rings (SSSR count). The number of rotatable bonds is 3. The fraction of sp³-hybridized carbons (Fsp3) is 0.267. The molecule has 1 nitrogen and oxygen atoms in total. The first-order chi connectivity index (χ1) is 8.22. The molecule has 2 heteroatoms. The van der Waals surface area contributed by atoms with Crippen molar-refractivity contribution in [2.45, 2.75) is 26.7 Å². The van der Waals surface area contributed by atoms with Crippen LogP contribution >= 0.6 is 11.6 Å². The number of aryl methyl sites for hydroxylation is 1. The van der Waals surface area contributed by atoms with E-state index in [4.69, 9.17) is 11.6 Å². The smallest absolute Gasteiger partial charge is 0.0719 e. The second-order valence-corrected chi connectivity index (χ2v) is 4.63. The second-order valence-electron chi connectivity index (χ2n) is 4.19. The van der Waals surface area contributed by atoms with Crippen LogP contribution in [0.15, 0.2) is 30.5 Å². The summed E-state index contributed by atoms with van der Waals surface area (Å²) in [4.78, 5) is 4.45. The van der Waals surface area contributed by atoms with E-state index in [0.717, 1.165) is 17.0 Å². The number of hydrogen-bond acceptors (Lipinski definition) is 1. The number of fused-ring (bicyclic) bond motifs is 1. The molecule has 2 aromatic rings. The van der Waals surface area contributed by atoms with Gasteiger partial charge in [-0.3, -0.25) is 4.98 Å². The number of benzene rings is 1. The molecule has 0 saturated carbocycles. The molecule has 0 radical (unpaired) electrons. The topological polar surface area (TPSA) is 12.9 Å². The highest BCUT2D eigenvalue weighted by atomic mass is 35.5. The van der Waals surface area contributed by atoms with Gasteiger partial charge < -0.3 is 0 Å². The van der Waals surface area contributed by atoms with Gasteiger partial charge in [-0.25, -0.2) is 0 Å². The second kappa shape index (κ2) is 5.33. The lowest BCUT2D eigenvalue weighted by Crippen LogP contribution is -1.87. The van der Waals surface area contributed by atoms with Gasteiger partial charge in [-0.1, -0.05) is 43.2 Å². The molecule has 0 aliphatic heterocycles. The lowest BCUT2D eigenvalue weighted by atomic mass is 10.0. The Morgan fingerprint density at radius 2 is 2.18 bits per heavy atom. The van der Waals surface area contributed by atoms with Gasteiger partial charge >= 0.3 is 0 Å². The van der Waals surface area contributed by atoms with Crippen LogP contribution in [0.5, 0.6) is 0 Å². The largest absolute Gasteiger partial charge is 0.256 e. The SMILES string of the molecule is CCC/C=C/c1cnc2cc(Cl)ccc2c1C. The van der Waals surface area contributed by atoms with Crippen LogP contribution in [0.3, 0.4) is 0 Å². The minimum absolute atomic E-state index is 0.735. The maximum Gasteiger partial charge on any atom is 0.0719 e. The van der Waals surface area contributed by atoms with Gasteiger partial charge in [-0.05, 0) is 36.6 Å². The van der Waals surface area contributed by atoms with Crippen LogP contribution in [0.4, 0.5) is 0 Å². The summed E-state index contributed by atoms with van der Waals surface area (Å²) in [6.07, 6.45) is 8.55. The Morgan fingerprint density at radius 3 is 2.94 bits per heavy atom. The monoisotopic (exact) mass is 245 g/mol. The number of allylic oxidation sites excluding steroid dienone is 1. The van der Waals surface area contributed by atoms with Crippen molar-refractivity contribution >= 4 is 28.6 Å². The predicted molar refractivity (Wildman–Crippen MR) is 75.4 cm³/mol. The molecule has 0 atom stereocenters. The number of hydrogen-bond donors (Lipinski definition) is 0. The van der Waals surface area contributed by atoms with Crippen LogP contribution in [0.1, 0.15) is 30.9 Å². The molecule has 0 bridgehead atoms. The summed E-state index contributed by atoms with van der Waals surface area (Å²) >= 11 is 5.96. The number of unbranched alkanes of at least 4 members (excludes halogenated alkanes) is 1. The lowest BCUT2D eigenvalue weighted by molar-refractivity contribution is 0.962. The van der Waals surface area contributed by atoms with Crippen LogP contribution in [-0.4, -0.2) is 4.98 Å². The van der Waals surface area contributed by atoms with Crippen molar-refractivity contribution in [1.29, 1.82) is 0 Å². The first kappa shape index (κ1) is 12.1. The molecule has 0 spiro atoms. The number of pyridine rings is 1. The molecular formula is C15H16ClN. The molecule has 0 N–H and O–H groups in total. The number of aromatic nitrogens is 1. The van der Waals surface area contributed by atoms with E-state index in [9.17, 15) is 0 Å². The normalized spacial score (nSPS) is 11.5. The highest BCUT2D eigenvalue weighted by molar-refractivity contribution is 6.31. The third-order valence-corrected chi connectivity index (χ3v) is 3.13. The van der Waals surface area contributed by atoms with Gasteiger partial charge in [0.25, 0.3) is 0 Å². The average molecular weight is 246 g/mol. The predicted octanol–water partition coefficient (Wildman–Crippen LogP) is 5.01. The third-order valence-electron chi connectivity index (χ3n) is 2.89. The molecule has 0 aliphatic carbocycles. The summed E-state index contributed by atoms with van der Waals surface area (Å²) in [6, 6.07) is 5.86. The van der Waals surface area contributed by atoms with E-state index in [0.29, 0.717) is 0 Å². The van der Waals surface area contributed by atoms with Crippen LogP contribution in [0, 0.1) is 6.92 Å². The van der Waals surface area contributed by atoms with Gasteiger partial charge in [0, 0.05) is 16.6 Å². The maximum absolute atomic E-state index is 5.96. The third kappa shape index (κ3) is 2.67. The summed E-state index contributed by atoms with van der Waals surface area (Å²) in [5.74, 6) is 0. The number of nitrogens with zero attached hydrogens (tertiary/aromatic N) is 1. The Labute approximate surface area is 107 Å². The molecule has 0 saturated heterocycles. The van der Waals surface area contributed by atoms with Gasteiger partial charge in [0.1, 0.15) is 0 Å². The van der Waals surface area contributed by atoms with Crippen molar-refractivity contribution in [2.75, 3.05) is 0 Å². The fourth-order valence-electron chi connectivity index (χ4n) is 1.87. The molecule has 1 aromatic heterocycles. The Kier molecular flexibility index (Phi) is 3.80. The minimum atomic E-state index is 0.735. The molecule has 1 heterocycles. The maximum atomic E-state index is 5.96. The van der Waals surface area contributed by atoms with Gasteiger partial charge in [0.2, 0.25) is 0 Å². The zero-order chi connectivity index (χ0) is 12.3. The molecule has 88 valence electrons. The van der Waals surface area contributed by atoms with Crippen LogP contribution in [0.25, 0.3) is 17.0 Å². The van der Waals surface area contributed by atoms with E-state index < -0.39 is 0 Å². The Morgan fingerprint density at radius 1 is 1.35 bits per heavy atom. The van der Waals surface area contributed by atoms with E-state index in [2.05, 4.69) is 31.0 Å². The molecular weight excluding hydrogens is 230 g/mol. The van der Waals surface area contributed by atoms with E-state index in [1.165, 1.54) is 22.9 Å². The summed E-state index contributed by atoms with van der Waals surface area (Å²) in [5.41, 5.74) is 3.41. The highest BCUT2D eigenvalue weighted by Gasteiger charge is 2.02. The van der Waals surface area contributed by atoms with Crippen LogP contribution < -0.4 is 0 Å². The van der Waals surface area contributed by atoms with Crippen molar-refractivity contribution < 1.29 is 0 Å². The van der Waals surface area contributed by atoms with Gasteiger partial charge in [0.05, 0.1) is 5.52 Å². The van der Waals surface area contributed by atoms with Crippen LogP contribution in [-0.2, 0) is 0 Å². The minimum Gasteiger partial charge on any atom is -0.256 e. The van der Waals surface area contributed by atoms with Gasteiger partial charge in [-0.2, -0.15) is 0 Å². The first-order valence-corrected chi connectivity index (χ1v) is 6.31. The molecule has 17 heavy (non-hydrogen) atoms. The molecule has 1 aromatic carbocycles. The molecule has 0 fully saturated rings. The zero-order valence-corrected chi connectivity index (χ0v) is 11.0. The van der Waals surface area contributed by atoms with Gasteiger partial charge in [-0.15, -0.1) is 0 Å². The van der Waals surface area contributed by atoms with Crippen LogP contribution in [0.2, 0.25) is 5.02 Å². The quantitative estimate of drug-likeness (QED) is 0.741. The van der Waals surface area contributed by atoms with E-state index in [-0.39, 0.29) is 0 Å². The van der Waals surface area contributed by atoms with Crippen molar-refractivity contribution in [1.82, 2.24) is 4.98 Å². The Hall–Kier alpha value is -1.34. The van der Waals surface area contributed by atoms with Crippen molar-refractivity contribution in [3.63, 3.8) is 0 Å². The Bertz CT molecular complexity index is 558. The highest BCUT2D eigenvalue weighted by Crippen LogP contribution is 2.23. The summed E-state index contributed by atoms with van der Waals surface area (Å²) in [7, 11) is 0. The number of halogens is 1. The van der Waals surface area contributed by atoms with E-state index in [1.54, 1.807) is 0 Å². The molecule has 0 amide bonds. The van der Waals surface area contributed by atoms with Crippen molar-refractivity contribution in [3.8, 4) is 0 Å². The van der Waals surface area contributed by atoms with E-state index in [1.807, 2.05) is 24.4 Å². The lowest BCUT2D eigenvalue weighted by Gasteiger charge is -2.05. The molecule has 0 aliphatic rings. The Balaban J connectivity index is 2.47. The molecule has 0 unspecified atom stereocenters. The standard InChI is InChI=1S/C15H16ClN/c1-3-4-5-6-12-10-17-15-9-13(16)7-8-14(15)11(12)2/h5-10H,3-4H2,1-2H3/b6-5+. The average Bonchev–Trinajstić information content (AvgIpc) is 2.32. The summed E-state index contributed by atoms with van der Waals surface area (Å²) in [5, 5.41) is 1.91. The zero-order valence-electron chi connectivity index (χ0n) is 10.2. The van der Waals surface area contributed by atoms with E-state index >= 15 is 0 Å². The first-order valence-electron chi connectivity index (χ1n) is 5.93. The van der Waals surface area contributed by atoms with Crippen molar-refractivity contribution in [2.24, 2.45) is 0 Å². The van der Waals surface area contributed by atoms with Gasteiger partial charge in [0.15, 0.2) is 0 Å². The fourth-order valence-corrected chi connectivity index (χ4v) is 2.03. The summed E-state index contributed by atoms with van der Waals surface area (Å²) in [6.45, 7) is 4.31. The summed E-state index contributed by atoms with van der Waals surface area (Å²) < 4.78 is 0. The van der Waals surface area contributed by atoms with Crippen molar-refractivity contribution in [3.05, 3.63) is 46.6 Å².